The van der Waals surface area contributed by atoms with E-state index in [1.54, 1.807) is 19.1 Å². The second-order valence-corrected chi connectivity index (χ2v) is 26.5. The maximum absolute atomic E-state index is 14.6. The number of ketones is 2. The summed E-state index contributed by atoms with van der Waals surface area (Å²) in [6, 6.07) is 13.0. The molecule has 10 N–H and O–H groups in total. The summed E-state index contributed by atoms with van der Waals surface area (Å²) in [4.78, 5) is 94.8. The number of hydrogen-bond acceptors (Lipinski definition) is 27. The Bertz CT molecular complexity index is 3740. The van der Waals surface area contributed by atoms with Gasteiger partial charge in [-0.25, -0.2) is 25.3 Å². The molecule has 5 aliphatic heterocycles. The van der Waals surface area contributed by atoms with Crippen molar-refractivity contribution in [3.05, 3.63) is 124 Å². The van der Waals surface area contributed by atoms with Gasteiger partial charge in [0, 0.05) is 58.4 Å². The third-order valence-electron chi connectivity index (χ3n) is 19.0. The number of carbonyl (C=O) groups excluding carboxylic acids is 6. The van der Waals surface area contributed by atoms with Crippen molar-refractivity contribution in [2.45, 2.75) is 164 Å². The molecule has 31 nitrogen and oxygen atoms in total. The second kappa shape index (κ2) is 36.1. The monoisotopic (exact) mass is 1460 g/mol. The van der Waals surface area contributed by atoms with Gasteiger partial charge < -0.3 is 108 Å². The minimum absolute atomic E-state index is 0.00199. The van der Waals surface area contributed by atoms with Crippen LogP contribution in [0.4, 0.5) is 21.0 Å². The van der Waals surface area contributed by atoms with Gasteiger partial charge in [-0.15, -0.1) is 0 Å². The standard InChI is InChI=1S/C73H93N5O26/c1-40-27-51-69(89)77(72(91)100-37-43-13-16-57(103-59-18-15-55(81)63(83)65(59)85)47(30-43)54(80)12-10-20-95-23-24-96-25-26-102-74)49-33-60(42(3)29-45(49)67(87)75(51)35-40)97-21-7-6-8-22-98-62-34-50-46(32-61(62)94-5)68(88)76-36-41(2)28-52(76)70(90)78(50)73(92)101-38-44-14-17-58(48(31-44)53(79)11-9-19-93-4)104-71-66(86)64(84)56(82)39-99-71/h13-14,16-17,29-34,51-52,55-56,59,63-66,69-71,81-86,89-90H,1-2,6-12,15,18-28,35-39,74H2,3-5H3/t51-,52-,55+,56+,59+,63-,64-,65-,66+,69?,70?,71-/m0/s1. The highest BCUT2D eigenvalue weighted by Crippen LogP contribution is 2.44. The molecule has 4 aromatic rings. The molecular formula is C73H93N5O26. The van der Waals surface area contributed by atoms with Gasteiger partial charge >= 0.3 is 12.2 Å². The first-order valence-corrected chi connectivity index (χ1v) is 34.7. The number of rotatable bonds is 33. The Labute approximate surface area is 600 Å². The third kappa shape index (κ3) is 18.3. The van der Waals surface area contributed by atoms with Crippen LogP contribution in [-0.2, 0) is 46.5 Å². The quantitative estimate of drug-likeness (QED) is 0.0140. The molecule has 104 heavy (non-hydrogen) atoms. The van der Waals surface area contributed by atoms with Gasteiger partial charge in [-0.3, -0.25) is 19.2 Å². The molecule has 0 radical (unpaired) electrons. The largest absolute Gasteiger partial charge is 0.493 e. The van der Waals surface area contributed by atoms with Crippen LogP contribution in [0.3, 0.4) is 0 Å². The predicted molar refractivity (Wildman–Crippen MR) is 367 cm³/mol. The second-order valence-electron chi connectivity index (χ2n) is 26.5. The van der Waals surface area contributed by atoms with Gasteiger partial charge in [0.05, 0.1) is 105 Å². The maximum atomic E-state index is 14.6. The number of nitrogens with zero attached hydrogens (tertiary/aromatic N) is 4. The molecule has 566 valence electrons. The van der Waals surface area contributed by atoms with E-state index in [1.807, 2.05) is 0 Å². The number of amides is 4. The van der Waals surface area contributed by atoms with Gasteiger partial charge in [-0.05, 0) is 118 Å². The molecule has 4 amide bonds. The number of hydrogen-bond donors (Lipinski definition) is 9. The summed E-state index contributed by atoms with van der Waals surface area (Å²) in [6.07, 6.45) is -13.7. The Morgan fingerprint density at radius 2 is 1.07 bits per heavy atom. The summed E-state index contributed by atoms with van der Waals surface area (Å²) >= 11 is 0. The number of aliphatic hydroxyl groups is 8. The van der Waals surface area contributed by atoms with E-state index >= 15 is 0 Å². The van der Waals surface area contributed by atoms with Gasteiger partial charge in [-0.1, -0.05) is 36.4 Å². The Kier molecular flexibility index (Phi) is 27.1. The molecule has 5 heterocycles. The van der Waals surface area contributed by atoms with E-state index in [0.29, 0.717) is 65.7 Å². The van der Waals surface area contributed by atoms with Crippen LogP contribution in [0.1, 0.15) is 129 Å². The fourth-order valence-electron chi connectivity index (χ4n) is 13.4. The van der Waals surface area contributed by atoms with Crippen molar-refractivity contribution in [1.82, 2.24) is 9.80 Å². The average Bonchev–Trinajstić information content (AvgIpc) is 1.59. The van der Waals surface area contributed by atoms with Crippen LogP contribution in [-0.4, -0.2) is 247 Å². The van der Waals surface area contributed by atoms with Crippen LogP contribution in [0.25, 0.3) is 0 Å². The first-order chi connectivity index (χ1) is 50.0. The van der Waals surface area contributed by atoms with Crippen molar-refractivity contribution < 1.29 is 127 Å². The molecule has 3 saturated heterocycles. The molecule has 0 spiro atoms. The van der Waals surface area contributed by atoms with Crippen molar-refractivity contribution >= 4 is 46.9 Å². The zero-order valence-electron chi connectivity index (χ0n) is 58.4. The SMILES string of the molecule is C=C1C[C@H]2C(O)N(C(=O)OCc3ccc(O[C@@H]4CC[C@@H](O)[C@H](O)[C@H]4O)c(C(=O)CCCOCCOCCON)c3)c3cc(OCCCCCOc4cc5c(cc4OC)C(=O)N4CC(=C)C[C@H]4C(O)N5C(=O)OCc4ccc(O[C@@H]5OC[C@@H](O)[C@H](O)[C@H]5O)c(C(=O)CCCOC)c4)c(C)cc3C(=O)N2C1. The Balaban J connectivity index is 0.800. The van der Waals surface area contributed by atoms with Crippen LogP contribution in [0.2, 0.25) is 0 Å². The zero-order valence-corrected chi connectivity index (χ0v) is 58.4. The van der Waals surface area contributed by atoms with E-state index in [1.165, 1.54) is 72.6 Å². The van der Waals surface area contributed by atoms with Gasteiger partial charge in [0.15, 0.2) is 35.5 Å². The van der Waals surface area contributed by atoms with Crippen molar-refractivity contribution in [3.8, 4) is 28.7 Å². The van der Waals surface area contributed by atoms with Gasteiger partial charge in [0.25, 0.3) is 11.8 Å². The molecule has 1 aliphatic carbocycles. The van der Waals surface area contributed by atoms with Gasteiger partial charge in [-0.2, -0.15) is 0 Å². The highest BCUT2D eigenvalue weighted by molar-refractivity contribution is 6.07. The van der Waals surface area contributed by atoms with Crippen LogP contribution in [0.15, 0.2) is 85.0 Å². The lowest BCUT2D eigenvalue weighted by molar-refractivity contribution is -0.242. The van der Waals surface area contributed by atoms with Crippen LogP contribution in [0.5, 0.6) is 28.7 Å². The molecule has 4 aromatic carbocycles. The minimum Gasteiger partial charge on any atom is -0.493 e. The van der Waals surface area contributed by atoms with E-state index in [0.717, 1.165) is 9.80 Å². The minimum atomic E-state index is -1.66. The number of ether oxygens (including phenoxy) is 11. The number of carbonyl (C=O) groups is 6. The molecule has 31 heteroatoms. The van der Waals surface area contributed by atoms with E-state index in [-0.39, 0.29) is 173 Å². The van der Waals surface area contributed by atoms with E-state index < -0.39 is 117 Å². The first kappa shape index (κ1) is 78.2. The number of unbranched alkanes of at least 4 members (excludes halogenated alkanes) is 2. The molecule has 4 fully saturated rings. The Hall–Kier alpha value is -8.38. The number of fused-ring (bicyclic) bond motifs is 4. The number of nitrogens with two attached hydrogens (primary N) is 1. The number of aryl methyl sites for hydroxylation is 1. The first-order valence-electron chi connectivity index (χ1n) is 34.7. The zero-order chi connectivity index (χ0) is 74.5. The lowest BCUT2D eigenvalue weighted by Crippen LogP contribution is -2.54. The van der Waals surface area contributed by atoms with Gasteiger partial charge in [0.1, 0.15) is 67.1 Å². The third-order valence-corrected chi connectivity index (χ3v) is 19.0. The normalized spacial score (nSPS) is 24.4. The fraction of sp³-hybridized carbons (Fsp3) is 0.534. The molecule has 6 aliphatic rings. The van der Waals surface area contributed by atoms with Crippen molar-refractivity contribution in [2.75, 3.05) is 96.6 Å². The molecule has 1 saturated carbocycles. The van der Waals surface area contributed by atoms with E-state index in [2.05, 4.69) is 18.0 Å². The highest BCUT2D eigenvalue weighted by Gasteiger charge is 2.49. The number of anilines is 2. The van der Waals surface area contributed by atoms with Crippen molar-refractivity contribution in [3.63, 3.8) is 0 Å². The summed E-state index contributed by atoms with van der Waals surface area (Å²) in [5.74, 6) is 3.96. The lowest BCUT2D eigenvalue weighted by Gasteiger charge is -2.35. The highest BCUT2D eigenvalue weighted by atomic mass is 16.7. The number of aliphatic hydroxyl groups excluding tert-OH is 8. The van der Waals surface area contributed by atoms with E-state index in [4.69, 9.17) is 58.0 Å². The summed E-state index contributed by atoms with van der Waals surface area (Å²) in [7, 11) is 2.88. The van der Waals surface area contributed by atoms with Crippen LogP contribution < -0.4 is 39.4 Å². The number of methoxy groups -OCH3 is 2. The van der Waals surface area contributed by atoms with Crippen molar-refractivity contribution in [2.24, 2.45) is 5.90 Å². The predicted octanol–water partition coefficient (Wildman–Crippen LogP) is 4.06. The molecule has 10 rings (SSSR count). The number of benzene rings is 4. The Morgan fingerprint density at radius 3 is 1.63 bits per heavy atom. The van der Waals surface area contributed by atoms with Crippen LogP contribution in [0, 0.1) is 6.92 Å². The maximum Gasteiger partial charge on any atom is 0.416 e. The van der Waals surface area contributed by atoms with Crippen LogP contribution >= 0.6 is 0 Å². The molecule has 0 bridgehead atoms. The topological polar surface area (TPSA) is 414 Å². The molecular weight excluding hydrogens is 1360 g/mol. The smallest absolute Gasteiger partial charge is 0.416 e. The van der Waals surface area contributed by atoms with Gasteiger partial charge in [0.2, 0.25) is 6.29 Å². The molecule has 0 aromatic heterocycles. The lowest BCUT2D eigenvalue weighted by atomic mass is 9.89. The molecule has 2 unspecified atom stereocenters. The van der Waals surface area contributed by atoms with Crippen molar-refractivity contribution in [1.29, 1.82) is 0 Å². The molecule has 12 atom stereocenters. The Morgan fingerprint density at radius 1 is 0.548 bits per heavy atom. The fourth-order valence-corrected chi connectivity index (χ4v) is 13.4. The summed E-state index contributed by atoms with van der Waals surface area (Å²) in [6.45, 7) is 10.7. The summed E-state index contributed by atoms with van der Waals surface area (Å²) < 4.78 is 63.7. The van der Waals surface area contributed by atoms with E-state index in [9.17, 15) is 69.6 Å². The number of Topliss-reactive ketones (excluding diaryl/α,β-unsaturated/α-hetero) is 2. The summed E-state index contributed by atoms with van der Waals surface area (Å²) in [5.41, 5.74) is 2.72. The summed E-state index contributed by atoms with van der Waals surface area (Å²) in [5, 5.41) is 86.6. The average molecular weight is 1460 g/mol.